The molecule has 2 spiro atoms. The molecule has 0 saturated carbocycles. The lowest BCUT2D eigenvalue weighted by Crippen LogP contribution is -2.35. The van der Waals surface area contributed by atoms with Crippen molar-refractivity contribution in [3.63, 3.8) is 0 Å². The molecule has 4 aliphatic rings. The van der Waals surface area contributed by atoms with Crippen LogP contribution in [0.3, 0.4) is 0 Å². The quantitative estimate of drug-likeness (QED) is 0.0853. The van der Waals surface area contributed by atoms with Crippen LogP contribution in [-0.4, -0.2) is 108 Å². The van der Waals surface area contributed by atoms with E-state index in [4.69, 9.17) is 15.6 Å². The van der Waals surface area contributed by atoms with Crippen molar-refractivity contribution >= 4 is 64.6 Å². The summed E-state index contributed by atoms with van der Waals surface area (Å²) in [5.41, 5.74) is 14.2. The largest absolute Gasteiger partial charge is 0.481 e. The standard InChI is InChI=1S/C20H14N2O2.C15H13N3O.C10H21N3.C2H4O2/c23-11-12-3-4-13-7-15-9-20(10-16(15)8-14(13)6-12)17-2-1-5-21-18(17)22-19(20)24;16-11-4-3-9-7-15(8-10(9)6-11)12-2-1-5-17-13(12)18-14(15)19;1-11(2)7-10(8-12(3)4)9-13(5)6;1-2(3)4/h1-8,11H,9-10H2,(H,21,22,24);1-6H,7-8,16H2,(H,17,18,19);7-9H,1-6H3;1H3,(H,3,4)/q;;+2;. The van der Waals surface area contributed by atoms with Gasteiger partial charge in [-0.3, -0.25) is 19.2 Å². The summed E-state index contributed by atoms with van der Waals surface area (Å²) in [6.45, 7) is 1.08. The molecule has 2 aromatic heterocycles. The van der Waals surface area contributed by atoms with Crippen LogP contribution in [0.2, 0.25) is 0 Å². The minimum atomic E-state index is -0.833. The highest BCUT2D eigenvalue weighted by molar-refractivity contribution is 6.07. The van der Waals surface area contributed by atoms with Crippen LogP contribution >= 0.6 is 0 Å². The molecule has 13 heteroatoms. The first-order valence-corrected chi connectivity index (χ1v) is 19.6. The lowest BCUT2D eigenvalue weighted by atomic mass is 9.79. The monoisotopic (exact) mass is 808 g/mol. The fraction of sp³-hybridized carbons (Fsp3) is 0.277. The van der Waals surface area contributed by atoms with Gasteiger partial charge in [-0.25, -0.2) is 19.1 Å². The summed E-state index contributed by atoms with van der Waals surface area (Å²) in [6, 6.07) is 23.6. The molecule has 2 unspecified atom stereocenters. The van der Waals surface area contributed by atoms with Crippen LogP contribution in [0.5, 0.6) is 0 Å². The van der Waals surface area contributed by atoms with Crippen molar-refractivity contribution in [3.05, 3.63) is 136 Å². The van der Waals surface area contributed by atoms with E-state index in [9.17, 15) is 14.4 Å². The number of nitrogens with zero attached hydrogens (tertiary/aromatic N) is 5. The maximum Gasteiger partial charge on any atom is 0.300 e. The second kappa shape index (κ2) is 17.5. The zero-order valence-electron chi connectivity index (χ0n) is 35.1. The summed E-state index contributed by atoms with van der Waals surface area (Å²) in [6.07, 6.45) is 13.3. The number of nitrogens with two attached hydrogens (primary N) is 1. The van der Waals surface area contributed by atoms with Crippen LogP contribution in [-0.2, 0) is 50.9 Å². The highest BCUT2D eigenvalue weighted by atomic mass is 16.4. The van der Waals surface area contributed by atoms with Crippen LogP contribution < -0.4 is 16.4 Å². The van der Waals surface area contributed by atoms with Crippen molar-refractivity contribution in [2.75, 3.05) is 58.7 Å². The molecule has 4 heterocycles. The van der Waals surface area contributed by atoms with E-state index >= 15 is 0 Å². The van der Waals surface area contributed by atoms with Gasteiger partial charge in [0.25, 0.3) is 5.97 Å². The normalized spacial score (nSPS) is 18.1. The number of carboxylic acid groups (broad SMARTS) is 1. The first-order valence-electron chi connectivity index (χ1n) is 19.6. The average Bonchev–Trinajstić information content (AvgIpc) is 3.90. The van der Waals surface area contributed by atoms with Gasteiger partial charge in [0.1, 0.15) is 51.7 Å². The van der Waals surface area contributed by atoms with Crippen molar-refractivity contribution in [2.45, 2.75) is 43.4 Å². The summed E-state index contributed by atoms with van der Waals surface area (Å²) in [7, 11) is 12.1. The number of hydrogen-bond acceptors (Lipinski definition) is 8. The topological polar surface area (TPSA) is 174 Å². The molecule has 2 atom stereocenters. The summed E-state index contributed by atoms with van der Waals surface area (Å²) < 4.78 is 4.07. The zero-order valence-corrected chi connectivity index (χ0v) is 35.1. The predicted octanol–water partition coefficient (Wildman–Crippen LogP) is 4.90. The molecule has 2 amide bonds. The van der Waals surface area contributed by atoms with Crippen LogP contribution in [0.4, 0.5) is 17.3 Å². The van der Waals surface area contributed by atoms with Crippen molar-refractivity contribution < 1.29 is 33.4 Å². The number of allylic oxidation sites excluding steroid dienone is 1. The molecule has 2 aliphatic carbocycles. The van der Waals surface area contributed by atoms with Gasteiger partial charge in [0.05, 0.1) is 10.8 Å². The highest BCUT2D eigenvalue weighted by Crippen LogP contribution is 2.48. The summed E-state index contributed by atoms with van der Waals surface area (Å²) >= 11 is 0. The van der Waals surface area contributed by atoms with E-state index in [1.807, 2.05) is 117 Å². The van der Waals surface area contributed by atoms with Gasteiger partial charge < -0.3 is 26.4 Å². The summed E-state index contributed by atoms with van der Waals surface area (Å²) in [5.74, 6) is 0.636. The number of anilines is 3. The molecule has 0 bridgehead atoms. The number of fused-ring (bicyclic) bond motifs is 7. The SMILES string of the molecule is CC(=O)O.CN(C)C=C(C=[N+](C)C)C=[N+](C)C.Nc1ccc2c(c1)CC1(C2)C(=O)Nc2ncccc21.O=Cc1ccc2cc3c(cc2c1)CC1(C3)C(=O)Nc2ncccc21. The summed E-state index contributed by atoms with van der Waals surface area (Å²) in [5, 5.41) is 15.4. The second-order valence-corrected chi connectivity index (χ2v) is 16.2. The third kappa shape index (κ3) is 9.00. The van der Waals surface area contributed by atoms with Gasteiger partial charge in [-0.05, 0) is 89.0 Å². The maximum atomic E-state index is 12.7. The fourth-order valence-electron chi connectivity index (χ4n) is 8.40. The first-order chi connectivity index (χ1) is 28.5. The second-order valence-electron chi connectivity index (χ2n) is 16.2. The van der Waals surface area contributed by atoms with E-state index < -0.39 is 16.8 Å². The number of carbonyl (C=O) groups is 4. The van der Waals surface area contributed by atoms with Crippen LogP contribution in [0.1, 0.15) is 50.7 Å². The Balaban J connectivity index is 0.000000151. The van der Waals surface area contributed by atoms with E-state index in [2.05, 4.69) is 51.4 Å². The molecule has 9 rings (SSSR count). The maximum absolute atomic E-state index is 12.7. The molecule has 0 saturated heterocycles. The smallest absolute Gasteiger partial charge is 0.300 e. The van der Waals surface area contributed by atoms with Gasteiger partial charge in [0.15, 0.2) is 12.4 Å². The Hall–Kier alpha value is -7.02. The van der Waals surface area contributed by atoms with E-state index in [1.54, 1.807) is 12.4 Å². The van der Waals surface area contributed by atoms with Crippen molar-refractivity contribution in [1.29, 1.82) is 0 Å². The summed E-state index contributed by atoms with van der Waals surface area (Å²) in [4.78, 5) is 55.7. The number of carboxylic acids is 1. The van der Waals surface area contributed by atoms with Crippen molar-refractivity contribution in [2.24, 2.45) is 0 Å². The molecular weight excluding hydrogens is 757 g/mol. The molecule has 60 heavy (non-hydrogen) atoms. The number of amides is 2. The van der Waals surface area contributed by atoms with E-state index in [-0.39, 0.29) is 11.8 Å². The number of hydrogen-bond donors (Lipinski definition) is 4. The first kappa shape index (κ1) is 42.6. The number of aliphatic carboxylic acids is 1. The highest BCUT2D eigenvalue weighted by Gasteiger charge is 2.52. The molecular formula is C47H52N8O5+2. The number of nitrogen functional groups attached to an aromatic ring is 1. The molecule has 2 aliphatic heterocycles. The van der Waals surface area contributed by atoms with Gasteiger partial charge in [-0.15, -0.1) is 0 Å². The lowest BCUT2D eigenvalue weighted by molar-refractivity contribution is -0.462. The van der Waals surface area contributed by atoms with Gasteiger partial charge in [-0.1, -0.05) is 42.5 Å². The number of nitrogens with one attached hydrogen (secondary N) is 2. The average molecular weight is 809 g/mol. The van der Waals surface area contributed by atoms with Gasteiger partial charge in [0.2, 0.25) is 11.8 Å². The molecule has 0 radical (unpaired) electrons. The number of aromatic nitrogens is 2. The molecule has 0 fully saturated rings. The zero-order chi connectivity index (χ0) is 43.4. The van der Waals surface area contributed by atoms with E-state index in [0.717, 1.165) is 47.2 Å². The van der Waals surface area contributed by atoms with Crippen LogP contribution in [0.15, 0.2) is 97.0 Å². The number of pyridine rings is 2. The molecule has 308 valence electrons. The molecule has 3 aromatic carbocycles. The van der Waals surface area contributed by atoms with Crippen LogP contribution in [0, 0.1) is 0 Å². The minimum absolute atomic E-state index is 0.0324. The Morgan fingerprint density at radius 3 is 1.70 bits per heavy atom. The van der Waals surface area contributed by atoms with Gasteiger partial charge >= 0.3 is 0 Å². The van der Waals surface area contributed by atoms with E-state index in [1.165, 1.54) is 27.8 Å². The number of benzene rings is 3. The Labute approximate surface area is 350 Å². The molecule has 5 N–H and O–H groups in total. The third-order valence-corrected chi connectivity index (χ3v) is 10.7. The third-order valence-electron chi connectivity index (χ3n) is 10.7. The van der Waals surface area contributed by atoms with Crippen molar-refractivity contribution in [1.82, 2.24) is 14.9 Å². The van der Waals surface area contributed by atoms with Crippen LogP contribution in [0.25, 0.3) is 10.8 Å². The predicted molar refractivity (Wildman–Crippen MR) is 236 cm³/mol. The Morgan fingerprint density at radius 2 is 1.22 bits per heavy atom. The minimum Gasteiger partial charge on any atom is -0.481 e. The number of rotatable bonds is 4. The Morgan fingerprint density at radius 1 is 0.733 bits per heavy atom. The molecule has 5 aromatic rings. The Bertz CT molecular complexity index is 2580. The lowest BCUT2D eigenvalue weighted by Gasteiger charge is -2.20. The van der Waals surface area contributed by atoms with Crippen molar-refractivity contribution in [3.8, 4) is 0 Å². The van der Waals surface area contributed by atoms with Gasteiger partial charge in [-0.2, -0.15) is 0 Å². The Kier molecular flexibility index (Phi) is 12.4. The molecule has 13 nitrogen and oxygen atoms in total. The fourth-order valence-corrected chi connectivity index (χ4v) is 8.40. The van der Waals surface area contributed by atoms with Gasteiger partial charge in [0, 0.05) is 62.0 Å². The number of carbonyl (C=O) groups excluding carboxylic acids is 3. The van der Waals surface area contributed by atoms with E-state index in [0.29, 0.717) is 36.5 Å². The number of aldehydes is 1.